The van der Waals surface area contributed by atoms with Crippen LogP contribution in [0.5, 0.6) is 0 Å². The molecule has 9 nitrogen and oxygen atoms in total. The van der Waals surface area contributed by atoms with Gasteiger partial charge in [0.25, 0.3) is 17.6 Å². The molecule has 29 heavy (non-hydrogen) atoms. The molecule has 4 aliphatic rings. The Balaban J connectivity index is 1.42. The van der Waals surface area contributed by atoms with Crippen LogP contribution in [-0.4, -0.2) is 42.8 Å². The van der Waals surface area contributed by atoms with Gasteiger partial charge < -0.3 is 25.7 Å². The highest BCUT2D eigenvalue weighted by Gasteiger charge is 2.54. The first-order chi connectivity index (χ1) is 14.0. The number of H-pyrrole nitrogens is 1. The van der Waals surface area contributed by atoms with Gasteiger partial charge in [-0.25, -0.2) is 4.98 Å². The maximum absolute atomic E-state index is 11.4. The first kappa shape index (κ1) is 17.0. The number of nitrogens with zero attached hydrogens (tertiary/aromatic N) is 3. The van der Waals surface area contributed by atoms with Crippen molar-refractivity contribution in [3.63, 3.8) is 0 Å². The lowest BCUT2D eigenvalue weighted by Crippen LogP contribution is -2.59. The summed E-state index contributed by atoms with van der Waals surface area (Å²) in [5, 5.41) is 19.3. The fourth-order valence-electron chi connectivity index (χ4n) is 6.14. The Kier molecular flexibility index (Phi) is 3.39. The Labute approximate surface area is 166 Å². The maximum atomic E-state index is 11.4. The summed E-state index contributed by atoms with van der Waals surface area (Å²) in [6.07, 6.45) is 8.46. The van der Waals surface area contributed by atoms with E-state index in [2.05, 4.69) is 25.4 Å². The van der Waals surface area contributed by atoms with Crippen molar-refractivity contribution >= 4 is 22.6 Å². The van der Waals surface area contributed by atoms with Crippen molar-refractivity contribution in [1.29, 1.82) is 0 Å². The molecule has 4 bridgehead atoms. The van der Waals surface area contributed by atoms with E-state index in [1.165, 1.54) is 0 Å². The van der Waals surface area contributed by atoms with E-state index in [4.69, 9.17) is 10.3 Å². The monoisotopic (exact) mass is 394 g/mol. The number of nitrogens with two attached hydrogens (primary N) is 1. The lowest BCUT2D eigenvalue weighted by molar-refractivity contribution is -0.129. The third-order valence-corrected chi connectivity index (χ3v) is 7.02. The normalized spacial score (nSPS) is 32.7. The molecule has 1 amide bonds. The standard InChI is InChI=1S/C20H22N6O3/c21-16(27)18-25-19(29-26-18)13-8-23-17-12(1-2-22-17)15(13)24-14-10-3-9-4-11(14)7-20(28,5-9)6-10/h1-2,8-11,14,28H,3-7H2,(H2,21,27)(H2,22,23,24)/t9?,10?,11?,14-,20+. The van der Waals surface area contributed by atoms with Gasteiger partial charge >= 0.3 is 0 Å². The van der Waals surface area contributed by atoms with Gasteiger partial charge in [-0.15, -0.1) is 0 Å². The van der Waals surface area contributed by atoms with E-state index < -0.39 is 11.5 Å². The number of carbonyl (C=O) groups is 1. The molecule has 0 aromatic carbocycles. The number of anilines is 1. The Morgan fingerprint density at radius 1 is 1.31 bits per heavy atom. The number of fused-ring (bicyclic) bond motifs is 1. The summed E-state index contributed by atoms with van der Waals surface area (Å²) in [7, 11) is 0. The zero-order valence-corrected chi connectivity index (χ0v) is 15.8. The van der Waals surface area contributed by atoms with Gasteiger partial charge in [-0.2, -0.15) is 4.98 Å². The number of hydrogen-bond acceptors (Lipinski definition) is 7. The third kappa shape index (κ3) is 2.57. The second-order valence-electron chi connectivity index (χ2n) is 8.94. The van der Waals surface area contributed by atoms with Crippen LogP contribution in [0.3, 0.4) is 0 Å². The number of primary amides is 1. The largest absolute Gasteiger partial charge is 0.390 e. The first-order valence-corrected chi connectivity index (χ1v) is 10.1. The van der Waals surface area contributed by atoms with Crippen LogP contribution in [0.2, 0.25) is 0 Å². The molecule has 4 fully saturated rings. The number of aromatic amines is 1. The molecule has 2 unspecified atom stereocenters. The summed E-state index contributed by atoms with van der Waals surface area (Å²) >= 11 is 0. The number of amides is 1. The number of pyridine rings is 1. The number of hydrogen-bond donors (Lipinski definition) is 4. The molecule has 0 radical (unpaired) electrons. The van der Waals surface area contributed by atoms with E-state index in [1.807, 2.05) is 12.3 Å². The van der Waals surface area contributed by atoms with E-state index in [-0.39, 0.29) is 17.8 Å². The molecule has 2 atom stereocenters. The highest BCUT2D eigenvalue weighted by Crippen LogP contribution is 2.56. The molecular weight excluding hydrogens is 372 g/mol. The van der Waals surface area contributed by atoms with Crippen molar-refractivity contribution in [2.24, 2.45) is 23.5 Å². The van der Waals surface area contributed by atoms with Gasteiger partial charge in [0.05, 0.1) is 16.9 Å². The van der Waals surface area contributed by atoms with Gasteiger partial charge in [0.2, 0.25) is 0 Å². The summed E-state index contributed by atoms with van der Waals surface area (Å²) in [5.41, 5.74) is 7.05. The van der Waals surface area contributed by atoms with Crippen molar-refractivity contribution in [3.8, 4) is 11.5 Å². The summed E-state index contributed by atoms with van der Waals surface area (Å²) in [5.74, 6) is 0.819. The molecule has 3 aromatic heterocycles. The summed E-state index contributed by atoms with van der Waals surface area (Å²) < 4.78 is 5.31. The molecular formula is C20H22N6O3. The molecule has 3 aromatic rings. The Morgan fingerprint density at radius 2 is 2.10 bits per heavy atom. The number of nitrogens with one attached hydrogen (secondary N) is 2. The predicted molar refractivity (Wildman–Crippen MR) is 104 cm³/mol. The lowest BCUT2D eigenvalue weighted by atomic mass is 9.52. The molecule has 5 N–H and O–H groups in total. The molecule has 4 aliphatic carbocycles. The van der Waals surface area contributed by atoms with E-state index in [9.17, 15) is 9.90 Å². The predicted octanol–water partition coefficient (Wildman–Crippen LogP) is 2.06. The van der Waals surface area contributed by atoms with Crippen LogP contribution < -0.4 is 11.1 Å². The number of aromatic nitrogens is 4. The van der Waals surface area contributed by atoms with Gasteiger partial charge in [-0.3, -0.25) is 4.79 Å². The van der Waals surface area contributed by atoms with E-state index in [0.29, 0.717) is 23.3 Å². The second-order valence-corrected chi connectivity index (χ2v) is 8.94. The summed E-state index contributed by atoms with van der Waals surface area (Å²) in [4.78, 5) is 23.1. The van der Waals surface area contributed by atoms with Gasteiger partial charge in [0.15, 0.2) is 0 Å². The van der Waals surface area contributed by atoms with Gasteiger partial charge in [0, 0.05) is 23.8 Å². The van der Waals surface area contributed by atoms with E-state index >= 15 is 0 Å². The van der Waals surface area contributed by atoms with Crippen LogP contribution in [0.1, 0.15) is 42.7 Å². The molecule has 150 valence electrons. The minimum Gasteiger partial charge on any atom is -0.390 e. The van der Waals surface area contributed by atoms with Crippen LogP contribution in [0.4, 0.5) is 5.69 Å². The molecule has 3 heterocycles. The molecule has 0 spiro atoms. The highest BCUT2D eigenvalue weighted by atomic mass is 16.5. The van der Waals surface area contributed by atoms with Crippen molar-refractivity contribution < 1.29 is 14.4 Å². The first-order valence-electron chi connectivity index (χ1n) is 10.1. The smallest absolute Gasteiger partial charge is 0.290 e. The minimum absolute atomic E-state index is 0.156. The second kappa shape index (κ2) is 5.79. The van der Waals surface area contributed by atoms with Gasteiger partial charge in [-0.05, 0) is 55.9 Å². The van der Waals surface area contributed by atoms with Crippen molar-refractivity contribution in [2.75, 3.05) is 5.32 Å². The minimum atomic E-state index is -0.737. The van der Waals surface area contributed by atoms with Crippen molar-refractivity contribution in [3.05, 3.63) is 24.3 Å². The van der Waals surface area contributed by atoms with Crippen LogP contribution in [-0.2, 0) is 0 Å². The molecule has 9 heteroatoms. The Hall–Kier alpha value is -2.94. The zero-order valence-electron chi connectivity index (χ0n) is 15.8. The zero-order chi connectivity index (χ0) is 19.8. The molecule has 4 saturated carbocycles. The van der Waals surface area contributed by atoms with Crippen LogP contribution in [0, 0.1) is 17.8 Å². The lowest BCUT2D eigenvalue weighted by Gasteiger charge is -2.58. The maximum Gasteiger partial charge on any atom is 0.290 e. The number of aliphatic hydroxyl groups is 1. The third-order valence-electron chi connectivity index (χ3n) is 7.02. The van der Waals surface area contributed by atoms with Gasteiger partial charge in [-0.1, -0.05) is 5.16 Å². The quantitative estimate of drug-likeness (QED) is 0.530. The summed E-state index contributed by atoms with van der Waals surface area (Å²) in [6, 6.07) is 2.23. The average Bonchev–Trinajstić information content (AvgIpc) is 3.32. The van der Waals surface area contributed by atoms with E-state index in [1.54, 1.807) is 6.20 Å². The topological polar surface area (TPSA) is 143 Å². The van der Waals surface area contributed by atoms with Crippen LogP contribution in [0.25, 0.3) is 22.5 Å². The fraction of sp³-hybridized carbons (Fsp3) is 0.500. The molecule has 7 rings (SSSR count). The van der Waals surface area contributed by atoms with Gasteiger partial charge in [0.1, 0.15) is 5.65 Å². The SMILES string of the molecule is NC(=O)c1noc(-c2cnc3[nH]ccc3c2N[C@H]2C3CC4CC2C[C@@](O)(C4)C3)n1. The highest BCUT2D eigenvalue weighted by molar-refractivity contribution is 5.97. The van der Waals surface area contributed by atoms with Crippen molar-refractivity contribution in [2.45, 2.75) is 43.7 Å². The van der Waals surface area contributed by atoms with Crippen LogP contribution >= 0.6 is 0 Å². The number of rotatable bonds is 4. The Bertz CT molecular complexity index is 1100. The molecule has 0 aliphatic heterocycles. The summed E-state index contributed by atoms with van der Waals surface area (Å²) in [6.45, 7) is 0. The van der Waals surface area contributed by atoms with Crippen molar-refractivity contribution in [1.82, 2.24) is 20.1 Å². The Morgan fingerprint density at radius 3 is 2.79 bits per heavy atom. The molecule has 0 saturated heterocycles. The average molecular weight is 394 g/mol. The number of carbonyl (C=O) groups excluding carboxylic acids is 1. The fourth-order valence-corrected chi connectivity index (χ4v) is 6.14. The van der Waals surface area contributed by atoms with Crippen LogP contribution in [0.15, 0.2) is 23.0 Å². The van der Waals surface area contributed by atoms with E-state index in [0.717, 1.165) is 48.8 Å².